The van der Waals surface area contributed by atoms with Crippen LogP contribution in [0.1, 0.15) is 11.1 Å². The largest absolute Gasteiger partial charge is 0.416 e. The molecular weight excluding hydrogens is 879 g/mol. The van der Waals surface area contributed by atoms with Crippen LogP contribution in [0.2, 0.25) is 0 Å². The van der Waals surface area contributed by atoms with E-state index in [1.807, 2.05) is 150 Å². The summed E-state index contributed by atoms with van der Waals surface area (Å²) >= 11 is 0. The van der Waals surface area contributed by atoms with Gasteiger partial charge in [0.15, 0.2) is 17.5 Å². The average molecular weight is 915 g/mol. The molecule has 0 fully saturated rings. The summed E-state index contributed by atoms with van der Waals surface area (Å²) in [6.07, 6.45) is -9.43. The Kier molecular flexibility index (Phi) is 10.7. The lowest BCUT2D eigenvalue weighted by Gasteiger charge is -2.22. The molecule has 0 bridgehead atoms. The van der Waals surface area contributed by atoms with Crippen molar-refractivity contribution in [3.05, 3.63) is 230 Å². The highest BCUT2D eigenvalue weighted by Crippen LogP contribution is 2.47. The molecule has 0 radical (unpaired) electrons. The number of aromatic nitrogens is 4. The zero-order valence-electron chi connectivity index (χ0n) is 36.3. The number of hydrogen-bond acceptors (Lipinski definition) is 3. The summed E-state index contributed by atoms with van der Waals surface area (Å²) in [5.41, 5.74) is 6.39. The van der Waals surface area contributed by atoms with Crippen LogP contribution in [0.4, 0.5) is 26.3 Å². The number of hydrogen-bond donors (Lipinski definition) is 0. The molecule has 69 heavy (non-hydrogen) atoms. The summed E-state index contributed by atoms with van der Waals surface area (Å²) < 4.78 is 90.4. The highest BCUT2D eigenvalue weighted by molar-refractivity contribution is 6.13. The lowest BCUT2D eigenvalue weighted by atomic mass is 9.91. The van der Waals surface area contributed by atoms with Gasteiger partial charge in [-0.2, -0.15) is 26.3 Å². The van der Waals surface area contributed by atoms with Crippen LogP contribution in [0.5, 0.6) is 0 Å². The zero-order chi connectivity index (χ0) is 47.3. The van der Waals surface area contributed by atoms with Crippen LogP contribution >= 0.6 is 0 Å². The highest BCUT2D eigenvalue weighted by Gasteiger charge is 2.33. The smallest absolute Gasteiger partial charge is 0.308 e. The second-order valence-corrected chi connectivity index (χ2v) is 16.6. The van der Waals surface area contributed by atoms with Gasteiger partial charge in [-0.15, -0.1) is 0 Å². The minimum atomic E-state index is -4.71. The molecule has 9 aromatic carbocycles. The monoisotopic (exact) mass is 914 g/mol. The van der Waals surface area contributed by atoms with Gasteiger partial charge in [0.05, 0.1) is 27.8 Å². The molecule has 334 valence electrons. The first kappa shape index (κ1) is 43.0. The lowest BCUT2D eigenvalue weighted by molar-refractivity contribution is -0.138. The quantitative estimate of drug-likeness (QED) is 0.143. The van der Waals surface area contributed by atoms with E-state index in [2.05, 4.69) is 12.1 Å². The summed E-state index contributed by atoms with van der Waals surface area (Å²) in [4.78, 5) is 14.8. The molecule has 0 spiro atoms. The molecule has 0 saturated heterocycles. The molecule has 0 aliphatic rings. The maximum Gasteiger partial charge on any atom is 0.416 e. The van der Waals surface area contributed by atoms with E-state index in [9.17, 15) is 26.3 Å². The molecule has 0 N–H and O–H groups in total. The Morgan fingerprint density at radius 2 is 0.638 bits per heavy atom. The van der Waals surface area contributed by atoms with Crippen molar-refractivity contribution in [3.8, 4) is 84.4 Å². The van der Waals surface area contributed by atoms with Gasteiger partial charge in [-0.3, -0.25) is 0 Å². The fourth-order valence-corrected chi connectivity index (χ4v) is 8.99. The van der Waals surface area contributed by atoms with Crippen molar-refractivity contribution >= 4 is 21.8 Å². The van der Waals surface area contributed by atoms with Gasteiger partial charge in [-0.25, -0.2) is 15.0 Å². The van der Waals surface area contributed by atoms with Crippen molar-refractivity contribution in [2.75, 3.05) is 0 Å². The lowest BCUT2D eigenvalue weighted by Crippen LogP contribution is -2.07. The van der Waals surface area contributed by atoms with Crippen molar-refractivity contribution in [2.45, 2.75) is 12.4 Å². The van der Waals surface area contributed by atoms with Crippen LogP contribution in [-0.2, 0) is 12.4 Å². The molecule has 2 aromatic heterocycles. The summed E-state index contributed by atoms with van der Waals surface area (Å²) in [5.74, 6) is 0.823. The second-order valence-electron chi connectivity index (χ2n) is 16.6. The molecule has 0 atom stereocenters. The maximum absolute atomic E-state index is 14.7. The van der Waals surface area contributed by atoms with Crippen molar-refractivity contribution in [3.63, 3.8) is 0 Å². The van der Waals surface area contributed by atoms with Gasteiger partial charge in [0.1, 0.15) is 0 Å². The average Bonchev–Trinajstić information content (AvgIpc) is 3.71. The van der Waals surface area contributed by atoms with Gasteiger partial charge in [-0.1, -0.05) is 158 Å². The molecule has 0 amide bonds. The van der Waals surface area contributed by atoms with E-state index < -0.39 is 23.5 Å². The Morgan fingerprint density at radius 3 is 1.01 bits per heavy atom. The molecule has 0 unspecified atom stereocenters. The first-order chi connectivity index (χ1) is 33.5. The number of halogens is 6. The highest BCUT2D eigenvalue weighted by atomic mass is 19.4. The molecule has 4 nitrogen and oxygen atoms in total. The Labute approximate surface area is 392 Å². The topological polar surface area (TPSA) is 43.6 Å². The van der Waals surface area contributed by atoms with E-state index in [-0.39, 0.29) is 17.0 Å². The van der Waals surface area contributed by atoms with Crippen LogP contribution in [0.15, 0.2) is 218 Å². The Morgan fingerprint density at radius 1 is 0.290 bits per heavy atom. The van der Waals surface area contributed by atoms with Crippen LogP contribution < -0.4 is 0 Å². The summed E-state index contributed by atoms with van der Waals surface area (Å²) in [6, 6.07) is 63.8. The van der Waals surface area contributed by atoms with E-state index in [1.165, 1.54) is 12.1 Å². The maximum atomic E-state index is 14.7. The zero-order valence-corrected chi connectivity index (χ0v) is 36.3. The first-order valence-corrected chi connectivity index (χ1v) is 22.1. The minimum absolute atomic E-state index is 0.165. The Bertz CT molecular complexity index is 3450. The van der Waals surface area contributed by atoms with E-state index >= 15 is 0 Å². The van der Waals surface area contributed by atoms with E-state index in [4.69, 9.17) is 15.0 Å². The number of benzene rings is 9. The third-order valence-electron chi connectivity index (χ3n) is 12.3. The summed E-state index contributed by atoms with van der Waals surface area (Å²) in [7, 11) is 0. The van der Waals surface area contributed by atoms with Crippen molar-refractivity contribution in [1.82, 2.24) is 19.5 Å². The van der Waals surface area contributed by atoms with E-state index in [0.717, 1.165) is 57.3 Å². The van der Waals surface area contributed by atoms with Gasteiger partial charge in [-0.05, 0) is 94.0 Å². The van der Waals surface area contributed by atoms with Crippen LogP contribution in [0.3, 0.4) is 0 Å². The van der Waals surface area contributed by atoms with Gasteiger partial charge in [0, 0.05) is 38.6 Å². The van der Waals surface area contributed by atoms with Gasteiger partial charge < -0.3 is 4.57 Å². The van der Waals surface area contributed by atoms with Crippen molar-refractivity contribution < 1.29 is 26.3 Å². The van der Waals surface area contributed by atoms with Gasteiger partial charge in [0.25, 0.3) is 0 Å². The number of fused-ring (bicyclic) bond motifs is 3. The molecule has 10 heteroatoms. The van der Waals surface area contributed by atoms with E-state index in [1.54, 1.807) is 24.3 Å². The Hall–Kier alpha value is -8.63. The van der Waals surface area contributed by atoms with Crippen LogP contribution in [0.25, 0.3) is 106 Å². The molecule has 11 rings (SSSR count). The number of alkyl halides is 6. The molecule has 2 heterocycles. The predicted molar refractivity (Wildman–Crippen MR) is 262 cm³/mol. The van der Waals surface area contributed by atoms with Gasteiger partial charge in [0.2, 0.25) is 0 Å². The molecule has 0 aliphatic heterocycles. The third kappa shape index (κ3) is 8.31. The molecule has 0 saturated carbocycles. The van der Waals surface area contributed by atoms with Crippen molar-refractivity contribution in [2.24, 2.45) is 0 Å². The van der Waals surface area contributed by atoms with E-state index in [0.29, 0.717) is 56.2 Å². The molecule has 11 aromatic rings. The normalized spacial score (nSPS) is 11.9. The van der Waals surface area contributed by atoms with Crippen molar-refractivity contribution in [1.29, 1.82) is 0 Å². The molecular formula is C59H36F6N4. The summed E-state index contributed by atoms with van der Waals surface area (Å²) in [5, 5.41) is 1.66. The third-order valence-corrected chi connectivity index (χ3v) is 12.3. The second kappa shape index (κ2) is 17.2. The molecule has 0 aliphatic carbocycles. The van der Waals surface area contributed by atoms with Crippen LogP contribution in [-0.4, -0.2) is 19.5 Å². The predicted octanol–water partition coefficient (Wildman–Crippen LogP) is 16.7. The Balaban J connectivity index is 1.29. The SMILES string of the molecule is FC(F)(F)c1cccc(-c2cc(-c3nc(-c4ccccc4)nc(-c4ccccc4)n3)cc(-c3cccc(C(F)(F)F)c3)c2-n2c3ccc(-c4ccccc4)cc3c3cc(-c4ccccc4)ccc32)c1. The number of nitrogens with zero attached hydrogens (tertiary/aromatic N) is 4. The standard InChI is InChI=1S/C59H36F6N4/c60-58(61,62)46-25-13-23-43(31-46)48-35-45(57-67-55(39-19-9-3-10-20-39)66-56(68-57)40-21-11-4-12-22-40)36-49(44-24-14-26-47(32-44)59(63,64)65)54(48)69-52-29-27-41(37-15-5-1-6-16-37)33-50(52)51-34-42(28-30-53(51)69)38-17-7-2-8-18-38/h1-36H. The first-order valence-electron chi connectivity index (χ1n) is 22.1. The minimum Gasteiger partial charge on any atom is -0.308 e. The summed E-state index contributed by atoms with van der Waals surface area (Å²) in [6.45, 7) is 0. The fourth-order valence-electron chi connectivity index (χ4n) is 8.99. The fraction of sp³-hybridized carbons (Fsp3) is 0.0339. The van der Waals surface area contributed by atoms with Crippen LogP contribution in [0, 0.1) is 0 Å². The van der Waals surface area contributed by atoms with Gasteiger partial charge >= 0.3 is 12.4 Å². The number of rotatable bonds is 8.